The van der Waals surface area contributed by atoms with Gasteiger partial charge in [0, 0.05) is 32.2 Å². The van der Waals surface area contributed by atoms with E-state index in [1.807, 2.05) is 30.3 Å². The number of piperazine rings is 1. The van der Waals surface area contributed by atoms with E-state index in [9.17, 15) is 8.42 Å². The number of para-hydroxylation sites is 1. The number of hydrogen-bond donors (Lipinski definition) is 0. The van der Waals surface area contributed by atoms with Crippen molar-refractivity contribution in [1.29, 1.82) is 0 Å². The van der Waals surface area contributed by atoms with Crippen molar-refractivity contribution in [2.24, 2.45) is 0 Å². The van der Waals surface area contributed by atoms with Crippen LogP contribution in [0, 0.1) is 0 Å². The van der Waals surface area contributed by atoms with Crippen LogP contribution in [0.4, 0.5) is 0 Å². The lowest BCUT2D eigenvalue weighted by atomic mass is 9.94. The zero-order chi connectivity index (χ0) is 19.4. The average Bonchev–Trinajstić information content (AvgIpc) is 2.76. The minimum Gasteiger partial charge on any atom is -0.457 e. The van der Waals surface area contributed by atoms with Crippen molar-refractivity contribution >= 4 is 10.0 Å². The maximum Gasteiger partial charge on any atom is 0.243 e. The normalized spacial score (nSPS) is 20.1. The summed E-state index contributed by atoms with van der Waals surface area (Å²) in [6, 6.07) is 16.8. The van der Waals surface area contributed by atoms with E-state index >= 15 is 0 Å². The molecule has 0 spiro atoms. The van der Waals surface area contributed by atoms with Gasteiger partial charge < -0.3 is 4.74 Å². The van der Waals surface area contributed by atoms with Gasteiger partial charge in [-0.15, -0.1) is 0 Å². The lowest BCUT2D eigenvalue weighted by Crippen LogP contribution is -2.52. The summed E-state index contributed by atoms with van der Waals surface area (Å²) in [5.74, 6) is 1.37. The van der Waals surface area contributed by atoms with Crippen molar-refractivity contribution in [3.8, 4) is 11.5 Å². The Kier molecular flexibility index (Phi) is 5.99. The van der Waals surface area contributed by atoms with E-state index in [2.05, 4.69) is 4.90 Å². The van der Waals surface area contributed by atoms with Crippen LogP contribution in [0.2, 0.25) is 0 Å². The number of ether oxygens (including phenoxy) is 1. The third-order valence-electron chi connectivity index (χ3n) is 5.80. The van der Waals surface area contributed by atoms with Gasteiger partial charge in [0.1, 0.15) is 11.5 Å². The van der Waals surface area contributed by atoms with Crippen LogP contribution < -0.4 is 4.74 Å². The van der Waals surface area contributed by atoms with E-state index in [0.717, 1.165) is 18.8 Å². The molecule has 6 heteroatoms. The van der Waals surface area contributed by atoms with Crippen LogP contribution in [0.25, 0.3) is 0 Å². The maximum absolute atomic E-state index is 13.0. The second-order valence-corrected chi connectivity index (χ2v) is 9.56. The SMILES string of the molecule is O=S(=O)(c1ccc(Oc2ccccc2)cc1)N1CCN(C2CCCCC2)CC1. The highest BCUT2D eigenvalue weighted by atomic mass is 32.2. The van der Waals surface area contributed by atoms with Gasteiger partial charge in [-0.3, -0.25) is 4.90 Å². The lowest BCUT2D eigenvalue weighted by Gasteiger charge is -2.40. The van der Waals surface area contributed by atoms with Crippen LogP contribution >= 0.6 is 0 Å². The second-order valence-electron chi connectivity index (χ2n) is 7.62. The zero-order valence-corrected chi connectivity index (χ0v) is 17.0. The number of nitrogens with zero attached hydrogens (tertiary/aromatic N) is 2. The highest BCUT2D eigenvalue weighted by Crippen LogP contribution is 2.27. The van der Waals surface area contributed by atoms with Gasteiger partial charge >= 0.3 is 0 Å². The van der Waals surface area contributed by atoms with Gasteiger partial charge in [0.05, 0.1) is 4.90 Å². The predicted octanol–water partition coefficient (Wildman–Crippen LogP) is 4.12. The minimum atomic E-state index is -3.45. The van der Waals surface area contributed by atoms with E-state index in [0.29, 0.717) is 29.8 Å². The molecule has 0 aromatic heterocycles. The largest absolute Gasteiger partial charge is 0.457 e. The Morgan fingerprint density at radius 3 is 2.00 bits per heavy atom. The van der Waals surface area contributed by atoms with Crippen molar-refractivity contribution in [2.45, 2.75) is 43.0 Å². The van der Waals surface area contributed by atoms with Crippen LogP contribution in [-0.4, -0.2) is 49.8 Å². The molecule has 1 aliphatic heterocycles. The van der Waals surface area contributed by atoms with Crippen LogP contribution in [0.5, 0.6) is 11.5 Å². The average molecular weight is 401 g/mol. The van der Waals surface area contributed by atoms with Gasteiger partial charge in [-0.2, -0.15) is 4.31 Å². The molecule has 0 unspecified atom stereocenters. The lowest BCUT2D eigenvalue weighted by molar-refractivity contribution is 0.111. The highest BCUT2D eigenvalue weighted by Gasteiger charge is 2.31. The Hall–Kier alpha value is -1.89. The molecule has 0 N–H and O–H groups in total. The molecule has 2 aliphatic rings. The quantitative estimate of drug-likeness (QED) is 0.758. The summed E-state index contributed by atoms with van der Waals surface area (Å²) in [6.07, 6.45) is 6.47. The summed E-state index contributed by atoms with van der Waals surface area (Å²) in [5, 5.41) is 0. The number of benzene rings is 2. The Labute approximate surface area is 168 Å². The first kappa shape index (κ1) is 19.4. The van der Waals surface area contributed by atoms with E-state index in [1.54, 1.807) is 28.6 Å². The van der Waals surface area contributed by atoms with Crippen LogP contribution in [0.15, 0.2) is 59.5 Å². The molecule has 28 heavy (non-hydrogen) atoms. The first-order chi connectivity index (χ1) is 13.6. The highest BCUT2D eigenvalue weighted by molar-refractivity contribution is 7.89. The Bertz CT molecular complexity index is 854. The molecule has 2 fully saturated rings. The monoisotopic (exact) mass is 400 g/mol. The van der Waals surface area contributed by atoms with Gasteiger partial charge in [0.15, 0.2) is 0 Å². The molecule has 1 saturated heterocycles. The van der Waals surface area contributed by atoms with Gasteiger partial charge in [-0.1, -0.05) is 37.5 Å². The second kappa shape index (κ2) is 8.64. The molecule has 2 aromatic carbocycles. The zero-order valence-electron chi connectivity index (χ0n) is 16.2. The molecule has 2 aromatic rings. The van der Waals surface area contributed by atoms with Crippen LogP contribution in [-0.2, 0) is 10.0 Å². The molecule has 1 saturated carbocycles. The molecule has 1 heterocycles. The third-order valence-corrected chi connectivity index (χ3v) is 7.72. The fraction of sp³-hybridized carbons (Fsp3) is 0.455. The van der Waals surface area contributed by atoms with E-state index in [-0.39, 0.29) is 0 Å². The molecule has 4 rings (SSSR count). The van der Waals surface area contributed by atoms with E-state index < -0.39 is 10.0 Å². The summed E-state index contributed by atoms with van der Waals surface area (Å²) >= 11 is 0. The Balaban J connectivity index is 1.38. The van der Waals surface area contributed by atoms with Crippen molar-refractivity contribution < 1.29 is 13.2 Å². The summed E-state index contributed by atoms with van der Waals surface area (Å²) in [4.78, 5) is 2.82. The molecule has 5 nitrogen and oxygen atoms in total. The fourth-order valence-electron chi connectivity index (χ4n) is 4.21. The van der Waals surface area contributed by atoms with Gasteiger partial charge in [-0.05, 0) is 49.2 Å². The van der Waals surface area contributed by atoms with Crippen LogP contribution in [0.1, 0.15) is 32.1 Å². The van der Waals surface area contributed by atoms with Crippen molar-refractivity contribution in [1.82, 2.24) is 9.21 Å². The van der Waals surface area contributed by atoms with Crippen molar-refractivity contribution in [3.63, 3.8) is 0 Å². The first-order valence-corrected chi connectivity index (χ1v) is 11.6. The Morgan fingerprint density at radius 2 is 1.36 bits per heavy atom. The molecule has 0 radical (unpaired) electrons. The summed E-state index contributed by atoms with van der Waals surface area (Å²) in [6.45, 7) is 2.81. The standard InChI is InChI=1S/C22H28N2O3S/c25-28(26,24-17-15-23(16-18-24)19-7-3-1-4-8-19)22-13-11-21(12-14-22)27-20-9-5-2-6-10-20/h2,5-6,9-14,19H,1,3-4,7-8,15-18H2. The van der Waals surface area contributed by atoms with E-state index in [4.69, 9.17) is 4.74 Å². The summed E-state index contributed by atoms with van der Waals surface area (Å²) in [5.41, 5.74) is 0. The van der Waals surface area contributed by atoms with Crippen molar-refractivity contribution in [3.05, 3.63) is 54.6 Å². The fourth-order valence-corrected chi connectivity index (χ4v) is 5.63. The minimum absolute atomic E-state index is 0.332. The van der Waals surface area contributed by atoms with Crippen LogP contribution in [0.3, 0.4) is 0 Å². The predicted molar refractivity (Wildman–Crippen MR) is 110 cm³/mol. The van der Waals surface area contributed by atoms with Gasteiger partial charge in [0.2, 0.25) is 10.0 Å². The third kappa shape index (κ3) is 4.40. The molecule has 0 atom stereocenters. The van der Waals surface area contributed by atoms with E-state index in [1.165, 1.54) is 32.1 Å². The molecule has 1 aliphatic carbocycles. The van der Waals surface area contributed by atoms with Gasteiger partial charge in [-0.25, -0.2) is 8.42 Å². The maximum atomic E-state index is 13.0. The Morgan fingerprint density at radius 1 is 0.750 bits per heavy atom. The summed E-state index contributed by atoms with van der Waals surface area (Å²) < 4.78 is 33.4. The number of rotatable bonds is 5. The van der Waals surface area contributed by atoms with Crippen molar-refractivity contribution in [2.75, 3.05) is 26.2 Å². The van der Waals surface area contributed by atoms with Gasteiger partial charge in [0.25, 0.3) is 0 Å². The molecule has 0 bridgehead atoms. The molecular weight excluding hydrogens is 372 g/mol. The molecular formula is C22H28N2O3S. The molecule has 0 amide bonds. The number of hydrogen-bond acceptors (Lipinski definition) is 4. The number of sulfonamides is 1. The molecule has 150 valence electrons. The summed E-state index contributed by atoms with van der Waals surface area (Å²) in [7, 11) is -3.45. The first-order valence-electron chi connectivity index (χ1n) is 10.2. The topological polar surface area (TPSA) is 49.9 Å². The smallest absolute Gasteiger partial charge is 0.243 e.